The molecular formula is C22H30N2. The summed E-state index contributed by atoms with van der Waals surface area (Å²) < 4.78 is 0. The minimum absolute atomic E-state index is 0.738. The lowest BCUT2D eigenvalue weighted by Gasteiger charge is -2.37. The third-order valence-corrected chi connectivity index (χ3v) is 6.29. The van der Waals surface area contributed by atoms with Crippen LogP contribution < -0.4 is 0 Å². The highest BCUT2D eigenvalue weighted by atomic mass is 15.1. The van der Waals surface area contributed by atoms with Crippen LogP contribution in [-0.2, 0) is 0 Å². The number of aromatic nitrogens is 1. The molecule has 1 saturated heterocycles. The van der Waals surface area contributed by atoms with E-state index in [0.29, 0.717) is 0 Å². The van der Waals surface area contributed by atoms with Crippen molar-refractivity contribution in [3.63, 3.8) is 0 Å². The summed E-state index contributed by atoms with van der Waals surface area (Å²) >= 11 is 0. The number of pyridine rings is 1. The summed E-state index contributed by atoms with van der Waals surface area (Å²) in [5.74, 6) is 2.58. The predicted octanol–water partition coefficient (Wildman–Crippen LogP) is 4.94. The summed E-state index contributed by atoms with van der Waals surface area (Å²) in [7, 11) is 0. The average Bonchev–Trinajstić information content (AvgIpc) is 3.16. The van der Waals surface area contributed by atoms with Crippen molar-refractivity contribution in [2.75, 3.05) is 19.6 Å². The fourth-order valence-corrected chi connectivity index (χ4v) is 4.91. The molecule has 0 amide bonds. The molecule has 2 heteroatoms. The summed E-state index contributed by atoms with van der Waals surface area (Å²) in [6.07, 6.45) is 20.9. The van der Waals surface area contributed by atoms with Gasteiger partial charge in [0, 0.05) is 25.5 Å². The Balaban J connectivity index is 1.33. The lowest BCUT2D eigenvalue weighted by atomic mass is 9.80. The van der Waals surface area contributed by atoms with Crippen LogP contribution in [0.4, 0.5) is 0 Å². The van der Waals surface area contributed by atoms with Crippen LogP contribution in [-0.4, -0.2) is 29.5 Å². The van der Waals surface area contributed by atoms with E-state index in [-0.39, 0.29) is 0 Å². The van der Waals surface area contributed by atoms with E-state index in [4.69, 9.17) is 0 Å². The molecule has 0 radical (unpaired) electrons. The van der Waals surface area contributed by atoms with Gasteiger partial charge in [0.05, 0.1) is 0 Å². The minimum Gasteiger partial charge on any atom is -0.303 e. The highest BCUT2D eigenvalue weighted by Gasteiger charge is 2.28. The smallest absolute Gasteiger partial charge is 0.0273 e. The highest BCUT2D eigenvalue weighted by molar-refractivity contribution is 5.74. The average molecular weight is 322 g/mol. The first-order chi connectivity index (χ1) is 11.9. The molecule has 1 aromatic rings. The van der Waals surface area contributed by atoms with Crippen molar-refractivity contribution in [2.24, 2.45) is 17.8 Å². The summed E-state index contributed by atoms with van der Waals surface area (Å²) in [5.41, 5.74) is 2.67. The van der Waals surface area contributed by atoms with Gasteiger partial charge in [-0.05, 0) is 79.7 Å². The van der Waals surface area contributed by atoms with Gasteiger partial charge in [0.1, 0.15) is 0 Å². The highest BCUT2D eigenvalue weighted by Crippen LogP contribution is 2.34. The molecule has 1 aliphatic heterocycles. The Morgan fingerprint density at radius 3 is 2.62 bits per heavy atom. The fourth-order valence-electron chi connectivity index (χ4n) is 4.91. The molecule has 2 nitrogen and oxygen atoms in total. The van der Waals surface area contributed by atoms with Crippen molar-refractivity contribution in [2.45, 2.75) is 44.9 Å². The maximum Gasteiger partial charge on any atom is 0.0273 e. The number of hydrogen-bond donors (Lipinski definition) is 0. The molecule has 0 spiro atoms. The molecule has 1 saturated carbocycles. The number of hydrogen-bond acceptors (Lipinski definition) is 2. The van der Waals surface area contributed by atoms with Gasteiger partial charge in [-0.15, -0.1) is 0 Å². The van der Waals surface area contributed by atoms with E-state index in [0.717, 1.165) is 17.8 Å². The number of rotatable bonds is 4. The monoisotopic (exact) mass is 322 g/mol. The van der Waals surface area contributed by atoms with Crippen LogP contribution in [0.3, 0.4) is 0 Å². The van der Waals surface area contributed by atoms with Gasteiger partial charge in [-0.3, -0.25) is 4.98 Å². The number of likely N-dealkylation sites (tertiary alicyclic amines) is 1. The molecule has 3 aliphatic rings. The van der Waals surface area contributed by atoms with Crippen molar-refractivity contribution in [1.29, 1.82) is 0 Å². The van der Waals surface area contributed by atoms with Crippen LogP contribution in [0.25, 0.3) is 5.57 Å². The van der Waals surface area contributed by atoms with E-state index in [1.54, 1.807) is 0 Å². The number of allylic oxidation sites excluding steroid dienone is 4. The third-order valence-electron chi connectivity index (χ3n) is 6.29. The molecule has 24 heavy (non-hydrogen) atoms. The van der Waals surface area contributed by atoms with E-state index in [1.165, 1.54) is 75.7 Å². The molecule has 1 unspecified atom stereocenters. The second-order valence-electron chi connectivity index (χ2n) is 7.97. The molecule has 0 aromatic carbocycles. The Hall–Kier alpha value is -1.41. The number of nitrogens with zero attached hydrogens (tertiary/aromatic N) is 2. The number of piperidine rings is 1. The quantitative estimate of drug-likeness (QED) is 0.780. The molecule has 0 bridgehead atoms. The van der Waals surface area contributed by atoms with Crippen molar-refractivity contribution in [3.05, 3.63) is 48.3 Å². The molecule has 1 aromatic heterocycles. The van der Waals surface area contributed by atoms with Crippen molar-refractivity contribution < 1.29 is 0 Å². The topological polar surface area (TPSA) is 16.1 Å². The van der Waals surface area contributed by atoms with Gasteiger partial charge in [0.2, 0.25) is 0 Å². The summed E-state index contributed by atoms with van der Waals surface area (Å²) in [6, 6.07) is 4.22. The predicted molar refractivity (Wildman–Crippen MR) is 101 cm³/mol. The van der Waals surface area contributed by atoms with E-state index in [9.17, 15) is 0 Å². The van der Waals surface area contributed by atoms with Crippen molar-refractivity contribution in [3.8, 4) is 0 Å². The van der Waals surface area contributed by atoms with Crippen LogP contribution in [0.2, 0.25) is 0 Å². The Morgan fingerprint density at radius 2 is 1.88 bits per heavy atom. The molecular weight excluding hydrogens is 292 g/mol. The summed E-state index contributed by atoms with van der Waals surface area (Å²) in [5, 5.41) is 0. The standard InChI is InChI=1S/C22H30N2/c1-2-5-18(4-1)16-24-15-3-6-22(17-24)20-9-7-19(8-10-20)21-11-13-23-14-12-21/h7-9,11-14,18,20,22H,1-6,10,15-17H2/t20?,22-/m1/s1. The molecule has 0 N–H and O–H groups in total. The van der Waals surface area contributed by atoms with Crippen molar-refractivity contribution >= 4 is 5.57 Å². The second kappa shape index (κ2) is 7.65. The molecule has 2 fully saturated rings. The summed E-state index contributed by atoms with van der Waals surface area (Å²) in [6.45, 7) is 4.02. The maximum absolute atomic E-state index is 4.12. The molecule has 4 rings (SSSR count). The van der Waals surface area contributed by atoms with Gasteiger partial charge in [0.25, 0.3) is 0 Å². The van der Waals surface area contributed by atoms with Crippen LogP contribution in [0.5, 0.6) is 0 Å². The van der Waals surface area contributed by atoms with E-state index < -0.39 is 0 Å². The Bertz CT molecular complexity index is 583. The van der Waals surface area contributed by atoms with Crippen LogP contribution >= 0.6 is 0 Å². The fraction of sp³-hybridized carbons (Fsp3) is 0.591. The molecule has 2 aliphatic carbocycles. The minimum atomic E-state index is 0.738. The van der Waals surface area contributed by atoms with Gasteiger partial charge in [-0.2, -0.15) is 0 Å². The van der Waals surface area contributed by atoms with Crippen LogP contribution in [0.15, 0.2) is 42.8 Å². The Labute approximate surface area is 146 Å². The zero-order valence-corrected chi connectivity index (χ0v) is 14.7. The molecule has 128 valence electrons. The van der Waals surface area contributed by atoms with E-state index in [1.807, 2.05) is 12.4 Å². The normalized spacial score (nSPS) is 28.9. The summed E-state index contributed by atoms with van der Waals surface area (Å²) in [4.78, 5) is 6.90. The van der Waals surface area contributed by atoms with E-state index in [2.05, 4.69) is 40.2 Å². The molecule has 2 heterocycles. The third kappa shape index (κ3) is 3.80. The largest absolute Gasteiger partial charge is 0.303 e. The van der Waals surface area contributed by atoms with Gasteiger partial charge >= 0.3 is 0 Å². The lowest BCUT2D eigenvalue weighted by Crippen LogP contribution is -2.40. The van der Waals surface area contributed by atoms with Gasteiger partial charge < -0.3 is 4.90 Å². The van der Waals surface area contributed by atoms with Crippen LogP contribution in [0, 0.1) is 17.8 Å². The first-order valence-electron chi connectivity index (χ1n) is 9.89. The van der Waals surface area contributed by atoms with E-state index >= 15 is 0 Å². The van der Waals surface area contributed by atoms with Gasteiger partial charge in [-0.25, -0.2) is 0 Å². The Morgan fingerprint density at radius 1 is 1.04 bits per heavy atom. The maximum atomic E-state index is 4.12. The zero-order valence-electron chi connectivity index (χ0n) is 14.7. The SMILES string of the molecule is C1=CC([C@@H]2CCCN(CC3CCCC3)C2)CC=C1c1ccncc1. The second-order valence-corrected chi connectivity index (χ2v) is 7.97. The zero-order chi connectivity index (χ0) is 16.2. The molecule has 2 atom stereocenters. The Kier molecular flexibility index (Phi) is 5.13. The van der Waals surface area contributed by atoms with Crippen LogP contribution in [0.1, 0.15) is 50.5 Å². The van der Waals surface area contributed by atoms with Gasteiger partial charge in [0.15, 0.2) is 0 Å². The first-order valence-corrected chi connectivity index (χ1v) is 9.89. The van der Waals surface area contributed by atoms with Gasteiger partial charge in [-0.1, -0.05) is 31.1 Å². The first kappa shape index (κ1) is 16.1. The van der Waals surface area contributed by atoms with Crippen molar-refractivity contribution in [1.82, 2.24) is 9.88 Å². The lowest BCUT2D eigenvalue weighted by molar-refractivity contribution is 0.130.